The van der Waals surface area contributed by atoms with Gasteiger partial charge in [0.25, 0.3) is 0 Å². The van der Waals surface area contributed by atoms with E-state index in [1.54, 1.807) is 12.2 Å². The molecule has 2 bridgehead atoms. The summed E-state index contributed by atoms with van der Waals surface area (Å²) in [6.07, 6.45) is 5.84. The van der Waals surface area contributed by atoms with Gasteiger partial charge in [-0.05, 0) is 86.4 Å². The zero-order valence-corrected chi connectivity index (χ0v) is 19.0. The number of benzene rings is 1. The van der Waals surface area contributed by atoms with E-state index in [0.717, 1.165) is 37.1 Å². The van der Waals surface area contributed by atoms with Crippen LogP contribution in [0.2, 0.25) is 0 Å². The summed E-state index contributed by atoms with van der Waals surface area (Å²) in [6, 6.07) is 3.29. The molecular weight excluding hydrogens is 455 g/mol. The highest BCUT2D eigenvalue weighted by Crippen LogP contribution is 2.49. The Labute approximate surface area is 191 Å². The van der Waals surface area contributed by atoms with Crippen LogP contribution < -0.4 is 0 Å². The number of allylic oxidation sites excluding steroid dienone is 2. The van der Waals surface area contributed by atoms with Gasteiger partial charge in [-0.15, -0.1) is 0 Å². The van der Waals surface area contributed by atoms with Crippen LogP contribution in [0.15, 0.2) is 53.1 Å². The molecule has 2 fully saturated rings. The number of sulfone groups is 1. The van der Waals surface area contributed by atoms with Gasteiger partial charge in [0.1, 0.15) is 0 Å². The Balaban J connectivity index is 1.43. The highest BCUT2D eigenvalue weighted by Gasteiger charge is 2.41. The highest BCUT2D eigenvalue weighted by atomic mass is 32.2. The second-order valence-electron chi connectivity index (χ2n) is 9.40. The van der Waals surface area contributed by atoms with Crippen molar-refractivity contribution >= 4 is 15.8 Å². The van der Waals surface area contributed by atoms with Gasteiger partial charge in [-0.25, -0.2) is 13.2 Å². The number of aliphatic carboxylic acids is 1. The van der Waals surface area contributed by atoms with E-state index in [1.165, 1.54) is 19.3 Å². The van der Waals surface area contributed by atoms with Gasteiger partial charge in [0, 0.05) is 6.54 Å². The number of nitrogens with zero attached hydrogens (tertiary/aromatic N) is 1. The molecule has 33 heavy (non-hydrogen) atoms. The molecule has 2 aliphatic carbocycles. The maximum Gasteiger partial charge on any atom is 0.416 e. The first-order valence-electron chi connectivity index (χ1n) is 11.3. The van der Waals surface area contributed by atoms with E-state index in [9.17, 15) is 31.5 Å². The van der Waals surface area contributed by atoms with Gasteiger partial charge in [-0.3, -0.25) is 0 Å². The summed E-state index contributed by atoms with van der Waals surface area (Å²) in [5.41, 5.74) is -0.786. The molecule has 0 saturated heterocycles. The van der Waals surface area contributed by atoms with Crippen LogP contribution in [0.3, 0.4) is 0 Å². The summed E-state index contributed by atoms with van der Waals surface area (Å²) in [5.74, 6) is 0.563. The fourth-order valence-electron chi connectivity index (χ4n) is 5.70. The number of rotatable bonds is 8. The first-order valence-corrected chi connectivity index (χ1v) is 13.0. The third-order valence-electron chi connectivity index (χ3n) is 7.30. The third-order valence-corrected chi connectivity index (χ3v) is 9.10. The standard InChI is InChI=1S/C24H28F3NO4S/c25-24(26,27)19-4-1-5-20(14-19)33(31,32)11-3-7-22-21(23(29)30)6-2-10-28(22)15-18-13-16-8-9-17(18)12-16/h1-2,4-6,10,14,16-18,22H,3,7-9,11-13,15H2,(H,29,30). The number of hydrogen-bond acceptors (Lipinski definition) is 4. The van der Waals surface area contributed by atoms with Gasteiger partial charge in [0.15, 0.2) is 9.84 Å². The van der Waals surface area contributed by atoms with Crippen molar-refractivity contribution in [2.75, 3.05) is 12.3 Å². The molecule has 0 spiro atoms. The van der Waals surface area contributed by atoms with E-state index in [1.807, 2.05) is 11.1 Å². The van der Waals surface area contributed by atoms with Crippen molar-refractivity contribution in [1.29, 1.82) is 0 Å². The van der Waals surface area contributed by atoms with E-state index in [4.69, 9.17) is 0 Å². The number of halogens is 3. The quantitative estimate of drug-likeness (QED) is 0.569. The van der Waals surface area contributed by atoms with Gasteiger partial charge in [0.2, 0.25) is 0 Å². The normalized spacial score (nSPS) is 27.1. The topological polar surface area (TPSA) is 74.7 Å². The van der Waals surface area contributed by atoms with E-state index >= 15 is 0 Å². The molecule has 4 rings (SSSR count). The molecule has 2 saturated carbocycles. The second kappa shape index (κ2) is 9.16. The predicted molar refractivity (Wildman–Crippen MR) is 117 cm³/mol. The van der Waals surface area contributed by atoms with Crippen LogP contribution >= 0.6 is 0 Å². The molecule has 1 heterocycles. The van der Waals surface area contributed by atoms with Crippen LogP contribution in [0.25, 0.3) is 0 Å². The first kappa shape index (κ1) is 23.9. The average Bonchev–Trinajstić information content (AvgIpc) is 3.37. The van der Waals surface area contributed by atoms with E-state index in [0.29, 0.717) is 24.3 Å². The van der Waals surface area contributed by atoms with Crippen molar-refractivity contribution in [1.82, 2.24) is 4.90 Å². The van der Waals surface area contributed by atoms with Crippen LogP contribution in [0.4, 0.5) is 13.2 Å². The SMILES string of the molecule is O=C(O)C1=CC=CN(CC2CC3CCC2C3)C1CCCS(=O)(=O)c1cccc(C(F)(F)F)c1. The molecule has 4 unspecified atom stereocenters. The van der Waals surface area contributed by atoms with Crippen LogP contribution in [0.5, 0.6) is 0 Å². The average molecular weight is 484 g/mol. The van der Waals surface area contributed by atoms with Gasteiger partial charge >= 0.3 is 12.1 Å². The molecule has 0 radical (unpaired) electrons. The molecule has 3 aliphatic rings. The molecule has 4 atom stereocenters. The molecule has 1 aromatic rings. The predicted octanol–water partition coefficient (Wildman–Crippen LogP) is 4.90. The van der Waals surface area contributed by atoms with Crippen molar-refractivity contribution in [3.05, 3.63) is 53.8 Å². The molecule has 1 N–H and O–H groups in total. The van der Waals surface area contributed by atoms with E-state index < -0.39 is 33.6 Å². The summed E-state index contributed by atoms with van der Waals surface area (Å²) >= 11 is 0. The van der Waals surface area contributed by atoms with E-state index in [2.05, 4.69) is 0 Å². The Kier molecular flexibility index (Phi) is 6.62. The summed E-state index contributed by atoms with van der Waals surface area (Å²) in [4.78, 5) is 13.5. The number of fused-ring (bicyclic) bond motifs is 2. The number of alkyl halides is 3. The minimum atomic E-state index is -4.62. The Morgan fingerprint density at radius 3 is 2.61 bits per heavy atom. The highest BCUT2D eigenvalue weighted by molar-refractivity contribution is 7.91. The van der Waals surface area contributed by atoms with Crippen molar-refractivity contribution < 1.29 is 31.5 Å². The molecule has 9 heteroatoms. The fourth-order valence-corrected chi connectivity index (χ4v) is 7.07. The minimum Gasteiger partial charge on any atom is -0.478 e. The molecule has 0 aromatic heterocycles. The van der Waals surface area contributed by atoms with Crippen molar-refractivity contribution in [3.63, 3.8) is 0 Å². The lowest BCUT2D eigenvalue weighted by Gasteiger charge is -2.37. The second-order valence-corrected chi connectivity index (χ2v) is 11.5. The van der Waals surface area contributed by atoms with Gasteiger partial charge in [-0.2, -0.15) is 13.2 Å². The monoisotopic (exact) mass is 483 g/mol. The Morgan fingerprint density at radius 2 is 1.97 bits per heavy atom. The van der Waals surface area contributed by atoms with Crippen molar-refractivity contribution in [2.24, 2.45) is 17.8 Å². The Morgan fingerprint density at radius 1 is 1.18 bits per heavy atom. The number of carbonyl (C=O) groups is 1. The first-order chi connectivity index (χ1) is 15.5. The van der Waals surface area contributed by atoms with Gasteiger partial charge in [-0.1, -0.05) is 12.5 Å². The van der Waals surface area contributed by atoms with Gasteiger partial charge < -0.3 is 10.0 Å². The Bertz CT molecular complexity index is 1060. The van der Waals surface area contributed by atoms with E-state index in [-0.39, 0.29) is 22.6 Å². The van der Waals surface area contributed by atoms with Crippen molar-refractivity contribution in [3.8, 4) is 0 Å². The minimum absolute atomic E-state index is 0.148. The lowest BCUT2D eigenvalue weighted by molar-refractivity contribution is -0.137. The maximum atomic E-state index is 13.0. The Hall–Kier alpha value is -2.29. The summed E-state index contributed by atoms with van der Waals surface area (Å²) in [7, 11) is -3.93. The van der Waals surface area contributed by atoms with Crippen molar-refractivity contribution in [2.45, 2.75) is 55.6 Å². The smallest absolute Gasteiger partial charge is 0.416 e. The summed E-state index contributed by atoms with van der Waals surface area (Å²) < 4.78 is 64.3. The maximum absolute atomic E-state index is 13.0. The molecule has 180 valence electrons. The molecular formula is C24H28F3NO4S. The zero-order valence-electron chi connectivity index (χ0n) is 18.2. The zero-order chi connectivity index (χ0) is 23.8. The largest absolute Gasteiger partial charge is 0.478 e. The molecule has 1 aliphatic heterocycles. The van der Waals surface area contributed by atoms with Crippen LogP contribution in [-0.4, -0.2) is 42.7 Å². The molecule has 0 amide bonds. The number of carboxylic acid groups (broad SMARTS) is 1. The molecule has 5 nitrogen and oxygen atoms in total. The van der Waals surface area contributed by atoms with Crippen LogP contribution in [-0.2, 0) is 20.8 Å². The van der Waals surface area contributed by atoms with Gasteiger partial charge in [0.05, 0.1) is 27.8 Å². The van der Waals surface area contributed by atoms with Crippen LogP contribution in [0, 0.1) is 17.8 Å². The molecule has 1 aromatic carbocycles. The fraction of sp³-hybridized carbons (Fsp3) is 0.542. The van der Waals surface area contributed by atoms with Crippen LogP contribution in [0.1, 0.15) is 44.1 Å². The lowest BCUT2D eigenvalue weighted by Crippen LogP contribution is -2.40. The summed E-state index contributed by atoms with van der Waals surface area (Å²) in [6.45, 7) is 0.743. The third kappa shape index (κ3) is 5.28. The number of hydrogen-bond donors (Lipinski definition) is 1. The summed E-state index contributed by atoms with van der Waals surface area (Å²) in [5, 5.41) is 9.68. The number of carboxylic acids is 1. The lowest BCUT2D eigenvalue weighted by atomic mass is 9.87.